The number of amides is 2. The van der Waals surface area contributed by atoms with Gasteiger partial charge >= 0.3 is 0 Å². The van der Waals surface area contributed by atoms with Crippen LogP contribution in [0, 0.1) is 0 Å². The number of hydrogen-bond donors (Lipinski definition) is 2. The fourth-order valence-electron chi connectivity index (χ4n) is 1.86. The number of carbonyl (C=O) groups excluding carboxylic acids is 2. The number of imide groups is 1. The van der Waals surface area contributed by atoms with Crippen molar-refractivity contribution in [3.63, 3.8) is 0 Å². The van der Waals surface area contributed by atoms with E-state index in [-0.39, 0.29) is 30.0 Å². The van der Waals surface area contributed by atoms with Crippen LogP contribution in [-0.2, 0) is 4.79 Å². The molecule has 0 aromatic heterocycles. The number of phenolic OH excluding ortho intramolecular Hbond substituents is 1. The first kappa shape index (κ1) is 15.4. The molecule has 0 unspecified atom stereocenters. The predicted molar refractivity (Wildman–Crippen MR) is 81.0 cm³/mol. The summed E-state index contributed by atoms with van der Waals surface area (Å²) in [6, 6.07) is 4.76. The van der Waals surface area contributed by atoms with Crippen molar-refractivity contribution in [2.45, 2.75) is 6.92 Å². The molecule has 112 valence electrons. The molecule has 1 aromatic rings. The minimum Gasteiger partial charge on any atom is -0.504 e. The predicted octanol–water partition coefficient (Wildman–Crippen LogP) is 1.79. The Morgan fingerprint density at radius 3 is 2.86 bits per heavy atom. The summed E-state index contributed by atoms with van der Waals surface area (Å²) >= 11 is 0.880. The Balaban J connectivity index is 2.26. The van der Waals surface area contributed by atoms with Gasteiger partial charge in [0, 0.05) is 13.1 Å². The minimum absolute atomic E-state index is 0.0326. The van der Waals surface area contributed by atoms with Gasteiger partial charge in [0.2, 0.25) is 0 Å². The van der Waals surface area contributed by atoms with Gasteiger partial charge in [-0.2, -0.15) is 0 Å². The van der Waals surface area contributed by atoms with Crippen LogP contribution in [0.1, 0.15) is 12.5 Å². The molecule has 0 atom stereocenters. The van der Waals surface area contributed by atoms with Gasteiger partial charge < -0.3 is 15.6 Å². The van der Waals surface area contributed by atoms with Crippen molar-refractivity contribution < 1.29 is 19.4 Å². The Morgan fingerprint density at radius 2 is 2.19 bits per heavy atom. The van der Waals surface area contributed by atoms with Crippen LogP contribution in [0.3, 0.4) is 0 Å². The molecule has 21 heavy (non-hydrogen) atoms. The molecule has 1 saturated heterocycles. The molecule has 0 bridgehead atoms. The van der Waals surface area contributed by atoms with E-state index >= 15 is 0 Å². The molecule has 7 heteroatoms. The molecule has 2 rings (SSSR count). The normalized spacial score (nSPS) is 16.9. The van der Waals surface area contributed by atoms with E-state index in [2.05, 4.69) is 0 Å². The van der Waals surface area contributed by atoms with Gasteiger partial charge in [-0.3, -0.25) is 14.5 Å². The molecule has 0 saturated carbocycles. The van der Waals surface area contributed by atoms with Crippen LogP contribution < -0.4 is 10.5 Å². The first-order valence-electron chi connectivity index (χ1n) is 6.48. The van der Waals surface area contributed by atoms with Crippen molar-refractivity contribution in [1.29, 1.82) is 0 Å². The van der Waals surface area contributed by atoms with Gasteiger partial charge in [-0.05, 0) is 42.5 Å². The van der Waals surface area contributed by atoms with Gasteiger partial charge in [0.25, 0.3) is 11.1 Å². The number of ether oxygens (including phenoxy) is 1. The zero-order chi connectivity index (χ0) is 15.4. The minimum atomic E-state index is -0.346. The van der Waals surface area contributed by atoms with Gasteiger partial charge in [0.15, 0.2) is 11.5 Å². The Labute approximate surface area is 126 Å². The maximum absolute atomic E-state index is 12.1. The lowest BCUT2D eigenvalue weighted by Crippen LogP contribution is -2.33. The second kappa shape index (κ2) is 6.64. The Hall–Kier alpha value is -1.99. The molecule has 6 nitrogen and oxygen atoms in total. The number of nitrogens with zero attached hydrogens (tertiary/aromatic N) is 1. The molecule has 0 spiro atoms. The van der Waals surface area contributed by atoms with Gasteiger partial charge in [-0.15, -0.1) is 0 Å². The largest absolute Gasteiger partial charge is 0.504 e. The van der Waals surface area contributed by atoms with Crippen LogP contribution in [0.2, 0.25) is 0 Å². The number of phenols is 1. The van der Waals surface area contributed by atoms with Gasteiger partial charge in [-0.1, -0.05) is 6.07 Å². The number of hydrogen-bond acceptors (Lipinski definition) is 6. The summed E-state index contributed by atoms with van der Waals surface area (Å²) < 4.78 is 5.28. The van der Waals surface area contributed by atoms with Crippen molar-refractivity contribution in [3.05, 3.63) is 28.7 Å². The highest BCUT2D eigenvalue weighted by atomic mass is 32.2. The van der Waals surface area contributed by atoms with Crippen molar-refractivity contribution in [2.24, 2.45) is 5.73 Å². The van der Waals surface area contributed by atoms with Gasteiger partial charge in [0.1, 0.15) is 0 Å². The van der Waals surface area contributed by atoms with E-state index < -0.39 is 0 Å². The highest BCUT2D eigenvalue weighted by Crippen LogP contribution is 2.33. The fourth-order valence-corrected chi connectivity index (χ4v) is 2.73. The second-order valence-corrected chi connectivity index (χ2v) is 5.28. The van der Waals surface area contributed by atoms with Crippen molar-refractivity contribution >= 4 is 29.0 Å². The van der Waals surface area contributed by atoms with E-state index in [1.165, 1.54) is 6.07 Å². The van der Waals surface area contributed by atoms with Gasteiger partial charge in [-0.25, -0.2) is 0 Å². The molecule has 3 N–H and O–H groups in total. The average Bonchev–Trinajstić information content (AvgIpc) is 2.71. The quantitative estimate of drug-likeness (QED) is 0.806. The van der Waals surface area contributed by atoms with Gasteiger partial charge in [0.05, 0.1) is 11.5 Å². The SMILES string of the molecule is CCOc1cc(/C=C2\SC(=O)N(CCN)C2=O)ccc1O. The molecule has 1 aliphatic rings. The van der Waals surface area contributed by atoms with E-state index in [4.69, 9.17) is 10.5 Å². The molecule has 1 heterocycles. The molecule has 0 radical (unpaired) electrons. The summed E-state index contributed by atoms with van der Waals surface area (Å²) in [6.45, 7) is 2.68. The highest BCUT2D eigenvalue weighted by molar-refractivity contribution is 8.18. The molecule has 1 fully saturated rings. The monoisotopic (exact) mass is 308 g/mol. The first-order chi connectivity index (χ1) is 10.1. The highest BCUT2D eigenvalue weighted by Gasteiger charge is 2.34. The van der Waals surface area contributed by atoms with E-state index in [1.807, 2.05) is 6.92 Å². The van der Waals surface area contributed by atoms with Crippen molar-refractivity contribution in [3.8, 4) is 11.5 Å². The number of carbonyl (C=O) groups is 2. The van der Waals surface area contributed by atoms with E-state index in [0.717, 1.165) is 16.7 Å². The van der Waals surface area contributed by atoms with E-state index in [9.17, 15) is 14.7 Å². The number of aromatic hydroxyl groups is 1. The third-order valence-electron chi connectivity index (χ3n) is 2.81. The molecular formula is C14H16N2O4S. The summed E-state index contributed by atoms with van der Waals surface area (Å²) in [5.74, 6) is 0.0270. The molecule has 1 aromatic carbocycles. The average molecular weight is 308 g/mol. The fraction of sp³-hybridized carbons (Fsp3) is 0.286. The number of benzene rings is 1. The standard InChI is InChI=1S/C14H16N2O4S/c1-2-20-11-7-9(3-4-10(11)17)8-12-13(18)16(6-5-15)14(19)21-12/h3-4,7-8,17H,2,5-6,15H2,1H3/b12-8-. The smallest absolute Gasteiger partial charge is 0.293 e. The number of nitrogens with two attached hydrogens (primary N) is 1. The lowest BCUT2D eigenvalue weighted by atomic mass is 10.2. The zero-order valence-corrected chi connectivity index (χ0v) is 12.4. The van der Waals surface area contributed by atoms with E-state index in [1.54, 1.807) is 18.2 Å². The Bertz CT molecular complexity index is 601. The lowest BCUT2D eigenvalue weighted by molar-refractivity contribution is -0.122. The third kappa shape index (κ3) is 3.37. The number of rotatable bonds is 5. The van der Waals surface area contributed by atoms with Crippen LogP contribution in [0.5, 0.6) is 11.5 Å². The maximum Gasteiger partial charge on any atom is 0.293 e. The summed E-state index contributed by atoms with van der Waals surface area (Å²) in [7, 11) is 0. The summed E-state index contributed by atoms with van der Waals surface area (Å²) in [4.78, 5) is 25.2. The Kier molecular flexibility index (Phi) is 4.87. The number of thioether (sulfide) groups is 1. The molecule has 0 aliphatic carbocycles. The van der Waals surface area contributed by atoms with Crippen LogP contribution in [0.15, 0.2) is 23.1 Å². The summed E-state index contributed by atoms with van der Waals surface area (Å²) in [5, 5.41) is 9.32. The summed E-state index contributed by atoms with van der Waals surface area (Å²) in [5.41, 5.74) is 6.06. The van der Waals surface area contributed by atoms with Crippen LogP contribution >= 0.6 is 11.8 Å². The third-order valence-corrected chi connectivity index (χ3v) is 3.72. The van der Waals surface area contributed by atoms with Crippen LogP contribution in [0.4, 0.5) is 4.79 Å². The van der Waals surface area contributed by atoms with Crippen molar-refractivity contribution in [2.75, 3.05) is 19.7 Å². The van der Waals surface area contributed by atoms with Crippen molar-refractivity contribution in [1.82, 2.24) is 4.90 Å². The summed E-state index contributed by atoms with van der Waals surface area (Å²) in [6.07, 6.45) is 1.60. The second-order valence-electron chi connectivity index (χ2n) is 4.28. The maximum atomic E-state index is 12.1. The molecule has 2 amide bonds. The first-order valence-corrected chi connectivity index (χ1v) is 7.29. The molecule has 1 aliphatic heterocycles. The zero-order valence-electron chi connectivity index (χ0n) is 11.5. The van der Waals surface area contributed by atoms with Crippen LogP contribution in [0.25, 0.3) is 6.08 Å². The lowest BCUT2D eigenvalue weighted by Gasteiger charge is -2.09. The topological polar surface area (TPSA) is 92.9 Å². The Morgan fingerprint density at radius 1 is 1.43 bits per heavy atom. The molecular weight excluding hydrogens is 292 g/mol. The van der Waals surface area contributed by atoms with E-state index in [0.29, 0.717) is 22.8 Å². The van der Waals surface area contributed by atoms with Crippen LogP contribution in [-0.4, -0.2) is 40.8 Å².